The second-order valence-corrected chi connectivity index (χ2v) is 4.45. The van der Waals surface area contributed by atoms with Crippen molar-refractivity contribution < 1.29 is 9.53 Å². The third-order valence-corrected chi connectivity index (χ3v) is 3.54. The topological polar surface area (TPSA) is 39.2 Å². The van der Waals surface area contributed by atoms with Gasteiger partial charge in [-0.1, -0.05) is 23.4 Å². The summed E-state index contributed by atoms with van der Waals surface area (Å²) in [6, 6.07) is 3.52. The summed E-state index contributed by atoms with van der Waals surface area (Å²) in [5, 5.41) is 1.12. The number of cyclic esters (lactones) is 1. The Morgan fingerprint density at radius 3 is 3.14 bits per heavy atom. The summed E-state index contributed by atoms with van der Waals surface area (Å²) in [7, 11) is 0. The van der Waals surface area contributed by atoms with Crippen molar-refractivity contribution in [1.82, 2.24) is 4.98 Å². The molecule has 74 valence electrons. The summed E-state index contributed by atoms with van der Waals surface area (Å²) < 4.78 is 4.85. The molecule has 1 atom stereocenters. The molecule has 2 rings (SSSR count). The number of carbonyl (C=O) groups is 1. The second kappa shape index (κ2) is 4.19. The van der Waals surface area contributed by atoms with Gasteiger partial charge in [0, 0.05) is 12.6 Å². The van der Waals surface area contributed by atoms with Crippen LogP contribution in [0.25, 0.3) is 0 Å². The maximum atomic E-state index is 11.2. The highest BCUT2D eigenvalue weighted by molar-refractivity contribution is 8.00. The Morgan fingerprint density at radius 1 is 1.64 bits per heavy atom. The molecular formula is C9H8ClNO2S. The van der Waals surface area contributed by atoms with Crippen LogP contribution in [0.3, 0.4) is 0 Å². The Balaban J connectivity index is 2.10. The van der Waals surface area contributed by atoms with Gasteiger partial charge >= 0.3 is 5.97 Å². The van der Waals surface area contributed by atoms with E-state index in [1.165, 1.54) is 11.8 Å². The maximum absolute atomic E-state index is 11.2. The standard InChI is InChI=1S/C9H8ClNO2S/c10-6-2-1-4-11-8(6)14-7-3-5-13-9(7)12/h1-2,4,7H,3,5H2/t7-/m0/s1. The van der Waals surface area contributed by atoms with Crippen molar-refractivity contribution in [1.29, 1.82) is 0 Å². The normalized spacial score (nSPS) is 20.9. The number of carbonyl (C=O) groups excluding carboxylic acids is 1. The number of ether oxygens (including phenoxy) is 1. The number of rotatable bonds is 2. The lowest BCUT2D eigenvalue weighted by molar-refractivity contribution is -0.137. The second-order valence-electron chi connectivity index (χ2n) is 2.85. The molecule has 3 nitrogen and oxygen atoms in total. The number of thioether (sulfide) groups is 1. The summed E-state index contributed by atoms with van der Waals surface area (Å²) in [5.41, 5.74) is 0. The molecule has 0 saturated carbocycles. The van der Waals surface area contributed by atoms with E-state index in [4.69, 9.17) is 16.3 Å². The molecule has 1 aromatic rings. The number of nitrogens with zero attached hydrogens (tertiary/aromatic N) is 1. The van der Waals surface area contributed by atoms with Gasteiger partial charge in [0.15, 0.2) is 0 Å². The first-order chi connectivity index (χ1) is 6.77. The SMILES string of the molecule is O=C1OCC[C@@H]1Sc1ncccc1Cl. The zero-order valence-electron chi connectivity index (χ0n) is 7.27. The summed E-state index contributed by atoms with van der Waals surface area (Å²) >= 11 is 7.28. The van der Waals surface area contributed by atoms with Crippen molar-refractivity contribution in [2.45, 2.75) is 16.7 Å². The minimum Gasteiger partial charge on any atom is -0.465 e. The van der Waals surface area contributed by atoms with E-state index in [0.717, 1.165) is 6.42 Å². The summed E-state index contributed by atoms with van der Waals surface area (Å²) in [4.78, 5) is 15.3. The Bertz CT molecular complexity index is 358. The van der Waals surface area contributed by atoms with Crippen LogP contribution < -0.4 is 0 Å². The van der Waals surface area contributed by atoms with Crippen LogP contribution in [-0.4, -0.2) is 22.8 Å². The van der Waals surface area contributed by atoms with Crippen molar-refractivity contribution in [3.05, 3.63) is 23.4 Å². The van der Waals surface area contributed by atoms with Crippen molar-refractivity contribution in [2.24, 2.45) is 0 Å². The van der Waals surface area contributed by atoms with Crippen molar-refractivity contribution in [2.75, 3.05) is 6.61 Å². The average Bonchev–Trinajstić information content (AvgIpc) is 2.56. The van der Waals surface area contributed by atoms with Crippen LogP contribution in [0, 0.1) is 0 Å². The van der Waals surface area contributed by atoms with E-state index in [9.17, 15) is 4.79 Å². The van der Waals surface area contributed by atoms with Crippen molar-refractivity contribution in [3.8, 4) is 0 Å². The van der Waals surface area contributed by atoms with Gasteiger partial charge in [0.1, 0.15) is 10.3 Å². The van der Waals surface area contributed by atoms with E-state index in [0.29, 0.717) is 16.7 Å². The first-order valence-electron chi connectivity index (χ1n) is 4.21. The molecule has 0 aliphatic carbocycles. The van der Waals surface area contributed by atoms with Gasteiger partial charge in [0.25, 0.3) is 0 Å². The van der Waals surface area contributed by atoms with Crippen molar-refractivity contribution in [3.63, 3.8) is 0 Å². The monoisotopic (exact) mass is 229 g/mol. The van der Waals surface area contributed by atoms with Gasteiger partial charge in [-0.25, -0.2) is 4.98 Å². The van der Waals surface area contributed by atoms with E-state index >= 15 is 0 Å². The summed E-state index contributed by atoms with van der Waals surface area (Å²) in [5.74, 6) is -0.170. The summed E-state index contributed by atoms with van der Waals surface area (Å²) in [6.45, 7) is 0.501. The third kappa shape index (κ3) is 2.01. The van der Waals surface area contributed by atoms with Gasteiger partial charge in [0.2, 0.25) is 0 Å². The first-order valence-corrected chi connectivity index (χ1v) is 5.47. The first kappa shape index (κ1) is 9.80. The zero-order valence-corrected chi connectivity index (χ0v) is 8.85. The number of esters is 1. The highest BCUT2D eigenvalue weighted by Crippen LogP contribution is 2.32. The molecular weight excluding hydrogens is 222 g/mol. The van der Waals surface area contributed by atoms with Crippen LogP contribution in [0.5, 0.6) is 0 Å². The van der Waals surface area contributed by atoms with Crippen LogP contribution in [0.1, 0.15) is 6.42 Å². The summed E-state index contributed by atoms with van der Waals surface area (Å²) in [6.07, 6.45) is 2.39. The van der Waals surface area contributed by atoms with Crippen LogP contribution in [0.2, 0.25) is 5.02 Å². The Kier molecular flexibility index (Phi) is 2.93. The molecule has 0 N–H and O–H groups in total. The molecule has 2 heterocycles. The Hall–Kier alpha value is -0.740. The molecule has 1 fully saturated rings. The largest absolute Gasteiger partial charge is 0.465 e. The van der Waals surface area contributed by atoms with Crippen LogP contribution >= 0.6 is 23.4 Å². The Morgan fingerprint density at radius 2 is 2.50 bits per heavy atom. The van der Waals surface area contributed by atoms with Crippen LogP contribution in [0.4, 0.5) is 0 Å². The molecule has 5 heteroatoms. The number of halogens is 1. The van der Waals surface area contributed by atoms with E-state index in [2.05, 4.69) is 4.98 Å². The minimum absolute atomic E-state index is 0.151. The maximum Gasteiger partial charge on any atom is 0.319 e. The number of hydrogen-bond donors (Lipinski definition) is 0. The molecule has 1 aliphatic heterocycles. The fourth-order valence-electron chi connectivity index (χ4n) is 1.18. The number of pyridine rings is 1. The molecule has 0 bridgehead atoms. The molecule has 1 saturated heterocycles. The molecule has 1 aliphatic rings. The smallest absolute Gasteiger partial charge is 0.319 e. The van der Waals surface area contributed by atoms with Gasteiger partial charge in [-0.3, -0.25) is 4.79 Å². The molecule has 0 aromatic carbocycles. The number of hydrogen-bond acceptors (Lipinski definition) is 4. The predicted octanol–water partition coefficient (Wildman–Crippen LogP) is 2.14. The average molecular weight is 230 g/mol. The lowest BCUT2D eigenvalue weighted by Crippen LogP contribution is -2.09. The quantitative estimate of drug-likeness (QED) is 0.729. The van der Waals surface area contributed by atoms with E-state index in [1.807, 2.05) is 0 Å². The van der Waals surface area contributed by atoms with Crippen LogP contribution in [-0.2, 0) is 9.53 Å². The fraction of sp³-hybridized carbons (Fsp3) is 0.333. The van der Waals surface area contributed by atoms with E-state index in [1.54, 1.807) is 18.3 Å². The van der Waals surface area contributed by atoms with Gasteiger partial charge < -0.3 is 4.74 Å². The molecule has 1 aromatic heterocycles. The fourth-order valence-corrected chi connectivity index (χ4v) is 2.38. The molecule has 0 unspecified atom stereocenters. The van der Waals surface area contributed by atoms with Crippen molar-refractivity contribution >= 4 is 29.3 Å². The van der Waals surface area contributed by atoms with Gasteiger partial charge in [-0.2, -0.15) is 0 Å². The highest BCUT2D eigenvalue weighted by atomic mass is 35.5. The van der Waals surface area contributed by atoms with Gasteiger partial charge in [0.05, 0.1) is 11.6 Å². The van der Waals surface area contributed by atoms with Crippen LogP contribution in [0.15, 0.2) is 23.4 Å². The lowest BCUT2D eigenvalue weighted by Gasteiger charge is -2.05. The highest BCUT2D eigenvalue weighted by Gasteiger charge is 2.28. The molecule has 14 heavy (non-hydrogen) atoms. The lowest BCUT2D eigenvalue weighted by atomic mass is 10.4. The zero-order chi connectivity index (χ0) is 9.97. The minimum atomic E-state index is -0.170. The molecule has 0 amide bonds. The number of aromatic nitrogens is 1. The van der Waals surface area contributed by atoms with E-state index < -0.39 is 0 Å². The third-order valence-electron chi connectivity index (χ3n) is 1.87. The Labute approximate surface area is 90.8 Å². The van der Waals surface area contributed by atoms with Gasteiger partial charge in [-0.05, 0) is 12.1 Å². The molecule has 0 radical (unpaired) electrons. The van der Waals surface area contributed by atoms with Gasteiger partial charge in [-0.15, -0.1) is 0 Å². The molecule has 0 spiro atoms. The predicted molar refractivity (Wildman–Crippen MR) is 54.5 cm³/mol. The van der Waals surface area contributed by atoms with E-state index in [-0.39, 0.29) is 11.2 Å².